The largest absolute Gasteiger partial charge is 0.493 e. The monoisotopic (exact) mass is 264 g/mol. The van der Waals surface area contributed by atoms with Crippen molar-refractivity contribution in [3.05, 3.63) is 23.3 Å². The Balaban J connectivity index is 3.40. The number of aldehydes is 1. The lowest BCUT2D eigenvalue weighted by molar-refractivity contribution is -0.105. The molecule has 0 fully saturated rings. The van der Waals surface area contributed by atoms with E-state index in [1.165, 1.54) is 0 Å². The normalized spacial score (nSPS) is 11.4. The predicted octanol–water partition coefficient (Wildman–Crippen LogP) is 2.95. The Bertz CT molecular complexity index is 475. The molecule has 0 heterocycles. The fourth-order valence-electron chi connectivity index (χ4n) is 1.75. The summed E-state index contributed by atoms with van der Waals surface area (Å²) in [6, 6.07) is 3.63. The van der Waals surface area contributed by atoms with Crippen molar-refractivity contribution in [2.45, 2.75) is 13.8 Å². The van der Waals surface area contributed by atoms with Crippen molar-refractivity contribution in [2.75, 3.05) is 21.3 Å². The molecule has 104 valence electrons. The average Bonchev–Trinajstić information content (AvgIpc) is 2.42. The Morgan fingerprint density at radius 1 is 1.05 bits per heavy atom. The van der Waals surface area contributed by atoms with Gasteiger partial charge in [0.2, 0.25) is 5.75 Å². The van der Waals surface area contributed by atoms with Gasteiger partial charge < -0.3 is 14.2 Å². The molecule has 0 atom stereocenters. The first-order valence-electron chi connectivity index (χ1n) is 6.04. The minimum Gasteiger partial charge on any atom is -0.493 e. The van der Waals surface area contributed by atoms with Crippen LogP contribution in [0.4, 0.5) is 0 Å². The van der Waals surface area contributed by atoms with Gasteiger partial charge in [-0.2, -0.15) is 0 Å². The van der Waals surface area contributed by atoms with Gasteiger partial charge in [0, 0.05) is 5.56 Å². The van der Waals surface area contributed by atoms with Crippen molar-refractivity contribution in [1.82, 2.24) is 0 Å². The van der Waals surface area contributed by atoms with Crippen molar-refractivity contribution in [1.29, 1.82) is 0 Å². The van der Waals surface area contributed by atoms with E-state index in [2.05, 4.69) is 0 Å². The summed E-state index contributed by atoms with van der Waals surface area (Å²) >= 11 is 0. The summed E-state index contributed by atoms with van der Waals surface area (Å²) in [5.41, 5.74) is 1.49. The van der Waals surface area contributed by atoms with E-state index < -0.39 is 0 Å². The minimum absolute atomic E-state index is 0.148. The van der Waals surface area contributed by atoms with Crippen molar-refractivity contribution in [3.63, 3.8) is 0 Å². The Hall–Kier alpha value is -1.97. The van der Waals surface area contributed by atoms with E-state index in [4.69, 9.17) is 14.2 Å². The van der Waals surface area contributed by atoms with E-state index in [1.54, 1.807) is 33.5 Å². The lowest BCUT2D eigenvalue weighted by Crippen LogP contribution is -1.99. The smallest absolute Gasteiger partial charge is 0.203 e. The van der Waals surface area contributed by atoms with Crippen LogP contribution in [0, 0.1) is 5.92 Å². The maximum absolute atomic E-state index is 11.1. The van der Waals surface area contributed by atoms with Crippen molar-refractivity contribution in [2.24, 2.45) is 5.92 Å². The number of carbonyl (C=O) groups is 1. The van der Waals surface area contributed by atoms with Gasteiger partial charge in [-0.3, -0.25) is 4.79 Å². The van der Waals surface area contributed by atoms with E-state index in [0.717, 1.165) is 11.8 Å². The number of rotatable bonds is 6. The Morgan fingerprint density at radius 2 is 1.68 bits per heavy atom. The molecule has 0 spiro atoms. The summed E-state index contributed by atoms with van der Waals surface area (Å²) in [6.07, 6.45) is 2.67. The lowest BCUT2D eigenvalue weighted by Gasteiger charge is -2.14. The fourth-order valence-corrected chi connectivity index (χ4v) is 1.75. The maximum atomic E-state index is 11.1. The van der Waals surface area contributed by atoms with Crippen LogP contribution >= 0.6 is 0 Å². The van der Waals surface area contributed by atoms with Crippen LogP contribution in [0.25, 0.3) is 6.08 Å². The first-order valence-corrected chi connectivity index (χ1v) is 6.04. The molecule has 0 radical (unpaired) electrons. The predicted molar refractivity (Wildman–Crippen MR) is 75.0 cm³/mol. The van der Waals surface area contributed by atoms with Crippen LogP contribution in [0.3, 0.4) is 0 Å². The molecule has 0 aliphatic heterocycles. The number of benzene rings is 1. The van der Waals surface area contributed by atoms with Crippen LogP contribution < -0.4 is 14.2 Å². The van der Waals surface area contributed by atoms with Gasteiger partial charge in [-0.15, -0.1) is 0 Å². The molecule has 1 rings (SSSR count). The summed E-state index contributed by atoms with van der Waals surface area (Å²) in [7, 11) is 4.68. The summed E-state index contributed by atoms with van der Waals surface area (Å²) in [6.45, 7) is 3.93. The number of hydrogen-bond acceptors (Lipinski definition) is 4. The molecule has 4 heteroatoms. The second-order valence-corrected chi connectivity index (χ2v) is 4.34. The fraction of sp³-hybridized carbons (Fsp3) is 0.400. The Labute approximate surface area is 114 Å². The summed E-state index contributed by atoms with van der Waals surface area (Å²) in [4.78, 5) is 11.1. The lowest BCUT2D eigenvalue weighted by atomic mass is 10.0. The molecule has 0 amide bonds. The quantitative estimate of drug-likeness (QED) is 0.585. The van der Waals surface area contributed by atoms with Crippen molar-refractivity contribution < 1.29 is 19.0 Å². The van der Waals surface area contributed by atoms with Crippen LogP contribution in [0.1, 0.15) is 19.4 Å². The van der Waals surface area contributed by atoms with E-state index in [1.807, 2.05) is 19.9 Å². The third-order valence-corrected chi connectivity index (χ3v) is 2.86. The van der Waals surface area contributed by atoms with Crippen molar-refractivity contribution in [3.8, 4) is 17.2 Å². The van der Waals surface area contributed by atoms with Gasteiger partial charge in [0.1, 0.15) is 6.29 Å². The molecule has 0 unspecified atom stereocenters. The topological polar surface area (TPSA) is 44.8 Å². The van der Waals surface area contributed by atoms with E-state index in [-0.39, 0.29) is 5.92 Å². The van der Waals surface area contributed by atoms with Gasteiger partial charge in [0.15, 0.2) is 11.5 Å². The zero-order valence-electron chi connectivity index (χ0n) is 12.0. The van der Waals surface area contributed by atoms with E-state index in [9.17, 15) is 4.79 Å². The van der Waals surface area contributed by atoms with Crippen LogP contribution in [-0.2, 0) is 4.79 Å². The second-order valence-electron chi connectivity index (χ2n) is 4.34. The van der Waals surface area contributed by atoms with Gasteiger partial charge >= 0.3 is 0 Å². The Kier molecular flexibility index (Phi) is 5.42. The van der Waals surface area contributed by atoms with Crippen molar-refractivity contribution >= 4 is 12.4 Å². The molecule has 0 bridgehead atoms. The number of ether oxygens (including phenoxy) is 3. The molecular weight excluding hydrogens is 244 g/mol. The summed E-state index contributed by atoms with van der Waals surface area (Å²) in [5, 5.41) is 0. The van der Waals surface area contributed by atoms with Crippen LogP contribution in [0.15, 0.2) is 17.7 Å². The summed E-state index contributed by atoms with van der Waals surface area (Å²) < 4.78 is 15.9. The second kappa shape index (κ2) is 6.83. The van der Waals surface area contributed by atoms with Gasteiger partial charge in [0.25, 0.3) is 0 Å². The highest BCUT2D eigenvalue weighted by Crippen LogP contribution is 2.40. The zero-order chi connectivity index (χ0) is 14.4. The highest BCUT2D eigenvalue weighted by molar-refractivity contribution is 5.84. The molecule has 0 saturated heterocycles. The molecule has 0 aliphatic carbocycles. The van der Waals surface area contributed by atoms with E-state index >= 15 is 0 Å². The van der Waals surface area contributed by atoms with Crippen LogP contribution in [0.5, 0.6) is 17.2 Å². The average molecular weight is 264 g/mol. The molecular formula is C15H20O4. The highest BCUT2D eigenvalue weighted by atomic mass is 16.5. The van der Waals surface area contributed by atoms with Crippen LogP contribution in [0.2, 0.25) is 0 Å². The molecule has 1 aromatic carbocycles. The molecule has 19 heavy (non-hydrogen) atoms. The zero-order valence-corrected chi connectivity index (χ0v) is 12.0. The summed E-state index contributed by atoms with van der Waals surface area (Å²) in [5.74, 6) is 1.82. The third kappa shape index (κ3) is 3.28. The molecule has 0 saturated carbocycles. The first-order chi connectivity index (χ1) is 9.08. The first kappa shape index (κ1) is 15.1. The number of allylic oxidation sites excluding steroid dienone is 1. The Morgan fingerprint density at radius 3 is 2.11 bits per heavy atom. The number of carbonyl (C=O) groups excluding carboxylic acids is 1. The number of methoxy groups -OCH3 is 3. The molecule has 1 aromatic rings. The molecule has 0 aromatic heterocycles. The van der Waals surface area contributed by atoms with Gasteiger partial charge in [-0.25, -0.2) is 0 Å². The molecule has 0 aliphatic rings. The number of hydrogen-bond donors (Lipinski definition) is 0. The standard InChI is InChI=1S/C15H20O4/c1-10(2)12(9-16)8-11-6-7-13(17-3)15(19-5)14(11)18-4/h6-10H,1-5H3. The van der Waals surface area contributed by atoms with E-state index in [0.29, 0.717) is 22.8 Å². The maximum Gasteiger partial charge on any atom is 0.203 e. The molecule has 4 nitrogen and oxygen atoms in total. The highest BCUT2D eigenvalue weighted by Gasteiger charge is 2.15. The van der Waals surface area contributed by atoms with Gasteiger partial charge in [0.05, 0.1) is 21.3 Å². The molecule has 0 N–H and O–H groups in total. The van der Waals surface area contributed by atoms with Gasteiger partial charge in [-0.05, 0) is 29.7 Å². The SMILES string of the molecule is COc1ccc(C=C(C=O)C(C)C)c(OC)c1OC. The minimum atomic E-state index is 0.148. The van der Waals surface area contributed by atoms with Gasteiger partial charge in [-0.1, -0.05) is 13.8 Å². The van der Waals surface area contributed by atoms with Crippen LogP contribution in [-0.4, -0.2) is 27.6 Å². The third-order valence-electron chi connectivity index (χ3n) is 2.86.